The summed E-state index contributed by atoms with van der Waals surface area (Å²) in [4.78, 5) is 46.1. The van der Waals surface area contributed by atoms with Gasteiger partial charge in [-0.25, -0.2) is 0 Å². The average molecular weight is 499 g/mol. The molecule has 3 unspecified atom stereocenters. The van der Waals surface area contributed by atoms with E-state index in [9.17, 15) is 14.4 Å². The van der Waals surface area contributed by atoms with Crippen molar-refractivity contribution in [2.24, 2.45) is 5.92 Å². The maximum absolute atomic E-state index is 13.9. The van der Waals surface area contributed by atoms with Crippen LogP contribution in [0.4, 0.5) is 0 Å². The Hall–Kier alpha value is -3.61. The number of rotatable bonds is 5. The summed E-state index contributed by atoms with van der Waals surface area (Å²) in [6, 6.07) is 14.1. The zero-order valence-corrected chi connectivity index (χ0v) is 21.4. The van der Waals surface area contributed by atoms with Crippen molar-refractivity contribution in [2.45, 2.75) is 76.5 Å². The summed E-state index contributed by atoms with van der Waals surface area (Å²) in [7, 11) is 0. The number of aromatic amines is 1. The lowest BCUT2D eigenvalue weighted by Gasteiger charge is -2.38. The number of hydrogen-bond acceptors (Lipinski definition) is 3. The lowest BCUT2D eigenvalue weighted by Crippen LogP contribution is -2.58. The summed E-state index contributed by atoms with van der Waals surface area (Å²) in [6.07, 6.45) is 5.82. The number of H-pyrrole nitrogens is 1. The van der Waals surface area contributed by atoms with Gasteiger partial charge in [0.1, 0.15) is 12.1 Å². The van der Waals surface area contributed by atoms with E-state index in [0.717, 1.165) is 53.4 Å². The van der Waals surface area contributed by atoms with Gasteiger partial charge in [0.2, 0.25) is 11.8 Å². The summed E-state index contributed by atoms with van der Waals surface area (Å²) in [6.45, 7) is 3.90. The number of nitrogens with zero attached hydrogens (tertiary/aromatic N) is 1. The molecule has 3 atom stereocenters. The molecule has 3 amide bonds. The highest BCUT2D eigenvalue weighted by atomic mass is 16.2. The van der Waals surface area contributed by atoms with Crippen LogP contribution in [-0.2, 0) is 16.0 Å². The van der Waals surface area contributed by atoms with Gasteiger partial charge in [-0.2, -0.15) is 0 Å². The van der Waals surface area contributed by atoms with Gasteiger partial charge < -0.3 is 20.5 Å². The molecule has 2 aliphatic heterocycles. The monoisotopic (exact) mass is 498 g/mol. The number of para-hydroxylation sites is 1. The minimum atomic E-state index is -0.708. The van der Waals surface area contributed by atoms with Gasteiger partial charge in [-0.1, -0.05) is 69.5 Å². The van der Waals surface area contributed by atoms with E-state index in [-0.39, 0.29) is 35.7 Å². The van der Waals surface area contributed by atoms with Crippen LogP contribution in [0.3, 0.4) is 0 Å². The normalized spacial score (nSPS) is 21.9. The van der Waals surface area contributed by atoms with Crippen molar-refractivity contribution < 1.29 is 14.4 Å². The van der Waals surface area contributed by atoms with Crippen molar-refractivity contribution in [1.29, 1.82) is 0 Å². The summed E-state index contributed by atoms with van der Waals surface area (Å²) < 4.78 is 0. The molecule has 3 aromatic rings. The molecule has 3 heterocycles. The number of carbonyl (C=O) groups excluding carboxylic acids is 3. The fraction of sp³-hybridized carbons (Fsp3) is 0.433. The lowest BCUT2D eigenvalue weighted by atomic mass is 9.89. The number of amides is 3. The highest BCUT2D eigenvalue weighted by Crippen LogP contribution is 2.46. The van der Waals surface area contributed by atoms with E-state index < -0.39 is 12.1 Å². The summed E-state index contributed by atoms with van der Waals surface area (Å²) in [5.41, 5.74) is 4.58. The van der Waals surface area contributed by atoms with Gasteiger partial charge in [-0.15, -0.1) is 0 Å². The molecule has 1 aromatic heterocycles. The fourth-order valence-electron chi connectivity index (χ4n) is 6.46. The van der Waals surface area contributed by atoms with Crippen LogP contribution in [-0.4, -0.2) is 45.7 Å². The number of hydrogen-bond donors (Lipinski definition) is 3. The van der Waals surface area contributed by atoms with Gasteiger partial charge in [0.05, 0.1) is 6.04 Å². The zero-order chi connectivity index (χ0) is 25.7. The van der Waals surface area contributed by atoms with Crippen LogP contribution >= 0.6 is 0 Å². The van der Waals surface area contributed by atoms with Crippen molar-refractivity contribution >= 4 is 28.6 Å². The maximum atomic E-state index is 13.9. The Morgan fingerprint density at radius 1 is 1.00 bits per heavy atom. The molecule has 1 fully saturated rings. The summed E-state index contributed by atoms with van der Waals surface area (Å²) in [5, 5.41) is 7.30. The predicted octanol–water partition coefficient (Wildman–Crippen LogP) is 4.23. The van der Waals surface area contributed by atoms with E-state index in [1.165, 1.54) is 6.42 Å². The molecule has 7 heteroatoms. The van der Waals surface area contributed by atoms with Crippen LogP contribution in [0.25, 0.3) is 10.9 Å². The maximum Gasteiger partial charge on any atom is 0.255 e. The number of carbonyl (C=O) groups is 3. The molecule has 0 bridgehead atoms. The molecule has 1 aliphatic carbocycles. The van der Waals surface area contributed by atoms with Crippen molar-refractivity contribution in [3.8, 4) is 0 Å². The quantitative estimate of drug-likeness (QED) is 0.491. The topological polar surface area (TPSA) is 94.3 Å². The van der Waals surface area contributed by atoms with Gasteiger partial charge in [-0.05, 0) is 42.0 Å². The Kier molecular flexibility index (Phi) is 6.01. The standard InChI is InChI=1S/C30H34N4O3/c1-17(2)25(29(36)31-18-10-4-3-5-11-18)33-28(35)24-16-22-19-12-8-9-15-23(19)32-26(22)27-20-13-6-7-14-21(20)30(37)34(24)27/h6-9,12-15,17-18,24-25,27,32H,3-5,10-11,16H2,1-2H3,(H,31,36)(H,33,35). The molecule has 1 saturated carbocycles. The molecular weight excluding hydrogens is 464 g/mol. The van der Waals surface area contributed by atoms with Crippen molar-refractivity contribution in [1.82, 2.24) is 20.5 Å². The first-order chi connectivity index (χ1) is 17.9. The third-order valence-corrected chi connectivity index (χ3v) is 8.35. The molecule has 3 aliphatic rings. The molecule has 6 rings (SSSR count). The second kappa shape index (κ2) is 9.36. The van der Waals surface area contributed by atoms with Crippen LogP contribution < -0.4 is 10.6 Å². The van der Waals surface area contributed by atoms with Gasteiger partial charge >= 0.3 is 0 Å². The van der Waals surface area contributed by atoms with Gasteiger partial charge in [0.25, 0.3) is 5.91 Å². The Bertz CT molecular complexity index is 1370. The molecule has 2 aromatic carbocycles. The molecular formula is C30H34N4O3. The van der Waals surface area contributed by atoms with Crippen LogP contribution in [0.1, 0.15) is 79.2 Å². The van der Waals surface area contributed by atoms with Crippen molar-refractivity contribution in [3.05, 3.63) is 70.9 Å². The first kappa shape index (κ1) is 23.8. The predicted molar refractivity (Wildman–Crippen MR) is 142 cm³/mol. The smallest absolute Gasteiger partial charge is 0.255 e. The van der Waals surface area contributed by atoms with Crippen LogP contribution in [0.2, 0.25) is 0 Å². The minimum absolute atomic E-state index is 0.0814. The Labute approximate surface area is 217 Å². The van der Waals surface area contributed by atoms with E-state index in [1.54, 1.807) is 4.90 Å². The second-order valence-corrected chi connectivity index (χ2v) is 11.1. The summed E-state index contributed by atoms with van der Waals surface area (Å²) in [5.74, 6) is -0.633. The van der Waals surface area contributed by atoms with Crippen LogP contribution in [0.5, 0.6) is 0 Å². The largest absolute Gasteiger partial charge is 0.356 e. The number of aromatic nitrogens is 1. The van der Waals surface area contributed by atoms with E-state index >= 15 is 0 Å². The SMILES string of the molecule is CC(C)C(NC(=O)C1Cc2c([nH]c3ccccc23)C2c3ccccc3C(=O)N12)C(=O)NC1CCCCC1. The van der Waals surface area contributed by atoms with E-state index in [1.807, 2.05) is 56.3 Å². The minimum Gasteiger partial charge on any atom is -0.356 e. The number of nitrogens with one attached hydrogen (secondary N) is 3. The molecule has 37 heavy (non-hydrogen) atoms. The Morgan fingerprint density at radius 3 is 2.51 bits per heavy atom. The highest BCUT2D eigenvalue weighted by molar-refractivity contribution is 6.04. The van der Waals surface area contributed by atoms with Crippen molar-refractivity contribution in [3.63, 3.8) is 0 Å². The van der Waals surface area contributed by atoms with E-state index in [0.29, 0.717) is 12.0 Å². The Morgan fingerprint density at radius 2 is 1.73 bits per heavy atom. The third-order valence-electron chi connectivity index (χ3n) is 8.35. The van der Waals surface area contributed by atoms with Crippen molar-refractivity contribution in [2.75, 3.05) is 0 Å². The van der Waals surface area contributed by atoms with Gasteiger partial charge in [0, 0.05) is 34.6 Å². The lowest BCUT2D eigenvalue weighted by molar-refractivity contribution is -0.133. The third kappa shape index (κ3) is 4.01. The molecule has 0 radical (unpaired) electrons. The zero-order valence-electron chi connectivity index (χ0n) is 21.4. The van der Waals surface area contributed by atoms with E-state index in [2.05, 4.69) is 21.7 Å². The van der Waals surface area contributed by atoms with Gasteiger partial charge in [0.15, 0.2) is 0 Å². The average Bonchev–Trinajstić information content (AvgIpc) is 3.42. The van der Waals surface area contributed by atoms with E-state index in [4.69, 9.17) is 0 Å². The fourth-order valence-corrected chi connectivity index (χ4v) is 6.46. The molecule has 7 nitrogen and oxygen atoms in total. The molecule has 3 N–H and O–H groups in total. The first-order valence-corrected chi connectivity index (χ1v) is 13.6. The number of benzene rings is 2. The first-order valence-electron chi connectivity index (χ1n) is 13.6. The second-order valence-electron chi connectivity index (χ2n) is 11.1. The van der Waals surface area contributed by atoms with Crippen LogP contribution in [0.15, 0.2) is 48.5 Å². The Balaban J connectivity index is 1.33. The molecule has 192 valence electrons. The highest BCUT2D eigenvalue weighted by Gasteiger charge is 2.49. The van der Waals surface area contributed by atoms with Crippen LogP contribution in [0, 0.1) is 5.92 Å². The molecule has 0 saturated heterocycles. The molecule has 0 spiro atoms. The summed E-state index contributed by atoms with van der Waals surface area (Å²) >= 11 is 0. The van der Waals surface area contributed by atoms with Gasteiger partial charge in [-0.3, -0.25) is 14.4 Å². The number of fused-ring (bicyclic) bond motifs is 7.